The van der Waals surface area contributed by atoms with Crippen LogP contribution in [0.2, 0.25) is 0 Å². The Morgan fingerprint density at radius 2 is 2.24 bits per heavy atom. The van der Waals surface area contributed by atoms with Gasteiger partial charge in [0.05, 0.1) is 5.41 Å². The van der Waals surface area contributed by atoms with Crippen LogP contribution in [0.15, 0.2) is 24.3 Å². The van der Waals surface area contributed by atoms with Gasteiger partial charge in [0.1, 0.15) is 5.82 Å². The van der Waals surface area contributed by atoms with Gasteiger partial charge in [0, 0.05) is 25.7 Å². The maximum Gasteiger partial charge on any atom is 0.230 e. The van der Waals surface area contributed by atoms with Crippen molar-refractivity contribution in [2.24, 2.45) is 11.3 Å². The second-order valence-electron chi connectivity index (χ2n) is 6.48. The highest BCUT2D eigenvalue weighted by Crippen LogP contribution is 2.45. The molecular formula is C17H23FN2O. The molecule has 2 atom stereocenters. The van der Waals surface area contributed by atoms with Gasteiger partial charge in [0.15, 0.2) is 0 Å². The minimum absolute atomic E-state index is 0.181. The predicted molar refractivity (Wildman–Crippen MR) is 80.1 cm³/mol. The minimum atomic E-state index is -0.252. The summed E-state index contributed by atoms with van der Waals surface area (Å²) in [6, 6.07) is 6.70. The van der Waals surface area contributed by atoms with Gasteiger partial charge in [-0.2, -0.15) is 0 Å². The van der Waals surface area contributed by atoms with E-state index in [1.54, 1.807) is 24.1 Å². The zero-order valence-electron chi connectivity index (χ0n) is 12.6. The van der Waals surface area contributed by atoms with Crippen molar-refractivity contribution in [1.29, 1.82) is 0 Å². The smallest absolute Gasteiger partial charge is 0.230 e. The summed E-state index contributed by atoms with van der Waals surface area (Å²) in [6.07, 6.45) is 4.44. The fourth-order valence-electron chi connectivity index (χ4n) is 4.00. The molecule has 2 aliphatic rings. The lowest BCUT2D eigenvalue weighted by Crippen LogP contribution is -2.48. The largest absolute Gasteiger partial charge is 0.341 e. The number of halogens is 1. The summed E-state index contributed by atoms with van der Waals surface area (Å²) in [5.74, 6) is 0.390. The van der Waals surface area contributed by atoms with Crippen LogP contribution in [0.25, 0.3) is 0 Å². The number of amides is 1. The van der Waals surface area contributed by atoms with Crippen LogP contribution >= 0.6 is 0 Å². The monoisotopic (exact) mass is 290 g/mol. The summed E-state index contributed by atoms with van der Waals surface area (Å²) in [5, 5.41) is 3.39. The van der Waals surface area contributed by atoms with E-state index in [2.05, 4.69) is 5.32 Å². The molecule has 0 radical (unpaired) electrons. The third-order valence-electron chi connectivity index (χ3n) is 5.18. The number of nitrogens with one attached hydrogen (secondary N) is 1. The number of fused-ring (bicyclic) bond motifs is 1. The summed E-state index contributed by atoms with van der Waals surface area (Å²) in [4.78, 5) is 14.7. The Morgan fingerprint density at radius 3 is 3.05 bits per heavy atom. The Balaban J connectivity index is 1.76. The molecule has 1 amide bonds. The lowest BCUT2D eigenvalue weighted by molar-refractivity contribution is -0.144. The zero-order valence-corrected chi connectivity index (χ0v) is 12.6. The molecule has 1 aliphatic heterocycles. The first-order chi connectivity index (χ1) is 10.1. The van der Waals surface area contributed by atoms with Crippen LogP contribution in [-0.2, 0) is 11.3 Å². The lowest BCUT2D eigenvalue weighted by atomic mass is 9.67. The Labute approximate surface area is 125 Å². The van der Waals surface area contributed by atoms with Crippen molar-refractivity contribution < 1.29 is 9.18 Å². The Kier molecular flexibility index (Phi) is 3.98. The van der Waals surface area contributed by atoms with Gasteiger partial charge in [-0.3, -0.25) is 4.79 Å². The van der Waals surface area contributed by atoms with E-state index in [-0.39, 0.29) is 17.1 Å². The molecule has 0 spiro atoms. The second kappa shape index (κ2) is 5.76. The van der Waals surface area contributed by atoms with Crippen LogP contribution in [0.1, 0.15) is 31.2 Å². The van der Waals surface area contributed by atoms with Crippen molar-refractivity contribution in [2.75, 3.05) is 20.1 Å². The fourth-order valence-corrected chi connectivity index (χ4v) is 4.00. The Bertz CT molecular complexity index is 533. The van der Waals surface area contributed by atoms with Crippen LogP contribution in [0.3, 0.4) is 0 Å². The van der Waals surface area contributed by atoms with Gasteiger partial charge >= 0.3 is 0 Å². The normalized spacial score (nSPS) is 28.2. The summed E-state index contributed by atoms with van der Waals surface area (Å²) >= 11 is 0. The molecule has 3 rings (SSSR count). The zero-order chi connectivity index (χ0) is 14.9. The molecule has 4 heteroatoms. The van der Waals surface area contributed by atoms with Crippen LogP contribution in [0.4, 0.5) is 4.39 Å². The van der Waals surface area contributed by atoms with E-state index < -0.39 is 0 Å². The van der Waals surface area contributed by atoms with Crippen molar-refractivity contribution in [1.82, 2.24) is 10.2 Å². The maximum atomic E-state index is 13.8. The van der Waals surface area contributed by atoms with Crippen molar-refractivity contribution in [3.8, 4) is 0 Å². The van der Waals surface area contributed by atoms with Gasteiger partial charge in [0.25, 0.3) is 0 Å². The number of hydrogen-bond acceptors (Lipinski definition) is 2. The molecule has 0 aromatic heterocycles. The molecule has 1 heterocycles. The molecule has 1 aromatic carbocycles. The molecule has 1 aliphatic carbocycles. The van der Waals surface area contributed by atoms with Gasteiger partial charge in [-0.05, 0) is 31.4 Å². The van der Waals surface area contributed by atoms with E-state index in [0.29, 0.717) is 18.0 Å². The van der Waals surface area contributed by atoms with Crippen molar-refractivity contribution in [2.45, 2.75) is 32.2 Å². The molecule has 1 saturated heterocycles. The molecule has 0 unspecified atom stereocenters. The number of carbonyl (C=O) groups is 1. The summed E-state index contributed by atoms with van der Waals surface area (Å²) in [6.45, 7) is 2.07. The number of carbonyl (C=O) groups excluding carboxylic acids is 1. The van der Waals surface area contributed by atoms with Crippen LogP contribution in [-0.4, -0.2) is 30.9 Å². The van der Waals surface area contributed by atoms with Crippen LogP contribution < -0.4 is 5.32 Å². The third-order valence-corrected chi connectivity index (χ3v) is 5.18. The van der Waals surface area contributed by atoms with Gasteiger partial charge in [-0.1, -0.05) is 31.0 Å². The first kappa shape index (κ1) is 14.5. The average molecular weight is 290 g/mol. The summed E-state index contributed by atoms with van der Waals surface area (Å²) in [5.41, 5.74) is 0.334. The fraction of sp³-hybridized carbons (Fsp3) is 0.588. The maximum absolute atomic E-state index is 13.8. The summed E-state index contributed by atoms with van der Waals surface area (Å²) < 4.78 is 13.8. The van der Waals surface area contributed by atoms with Gasteiger partial charge < -0.3 is 10.2 Å². The molecular weight excluding hydrogens is 267 g/mol. The Morgan fingerprint density at radius 1 is 1.43 bits per heavy atom. The van der Waals surface area contributed by atoms with Crippen LogP contribution in [0, 0.1) is 17.2 Å². The molecule has 1 aromatic rings. The highest BCUT2D eigenvalue weighted by atomic mass is 19.1. The number of rotatable bonds is 3. The molecule has 0 bridgehead atoms. The van der Waals surface area contributed by atoms with E-state index in [4.69, 9.17) is 0 Å². The lowest BCUT2D eigenvalue weighted by Gasteiger charge is -2.39. The highest BCUT2D eigenvalue weighted by Gasteiger charge is 2.50. The molecule has 21 heavy (non-hydrogen) atoms. The van der Waals surface area contributed by atoms with E-state index >= 15 is 0 Å². The quantitative estimate of drug-likeness (QED) is 0.928. The predicted octanol–water partition coefficient (Wildman–Crippen LogP) is 2.56. The van der Waals surface area contributed by atoms with E-state index in [1.807, 2.05) is 6.07 Å². The van der Waals surface area contributed by atoms with Gasteiger partial charge in [-0.15, -0.1) is 0 Å². The van der Waals surface area contributed by atoms with E-state index in [9.17, 15) is 9.18 Å². The second-order valence-corrected chi connectivity index (χ2v) is 6.48. The van der Waals surface area contributed by atoms with Gasteiger partial charge in [-0.25, -0.2) is 4.39 Å². The standard InChI is InChI=1S/C17H23FN2O/c1-20(11-13-6-2-3-8-15(13)18)16(21)17-9-5-4-7-14(17)10-19-12-17/h2-3,6,8,14,19H,4-5,7,9-12H2,1H3/t14-,17+/m0/s1. The van der Waals surface area contributed by atoms with E-state index in [0.717, 1.165) is 32.4 Å². The van der Waals surface area contributed by atoms with Crippen molar-refractivity contribution in [3.05, 3.63) is 35.6 Å². The minimum Gasteiger partial charge on any atom is -0.341 e. The number of hydrogen-bond donors (Lipinski definition) is 1. The highest BCUT2D eigenvalue weighted by molar-refractivity contribution is 5.83. The third kappa shape index (κ3) is 2.57. The number of nitrogens with zero attached hydrogens (tertiary/aromatic N) is 1. The Hall–Kier alpha value is -1.42. The van der Waals surface area contributed by atoms with Crippen LogP contribution in [0.5, 0.6) is 0 Å². The topological polar surface area (TPSA) is 32.3 Å². The van der Waals surface area contributed by atoms with Crippen molar-refractivity contribution in [3.63, 3.8) is 0 Å². The molecule has 3 nitrogen and oxygen atoms in total. The summed E-state index contributed by atoms with van der Waals surface area (Å²) in [7, 11) is 1.80. The van der Waals surface area contributed by atoms with E-state index in [1.165, 1.54) is 12.5 Å². The van der Waals surface area contributed by atoms with Gasteiger partial charge in [0.2, 0.25) is 5.91 Å². The molecule has 114 valence electrons. The molecule has 2 fully saturated rings. The average Bonchev–Trinajstić information content (AvgIpc) is 2.93. The first-order valence-corrected chi connectivity index (χ1v) is 7.83. The van der Waals surface area contributed by atoms with Crippen molar-refractivity contribution >= 4 is 5.91 Å². The SMILES string of the molecule is CN(Cc1ccccc1F)C(=O)[C@@]12CCCC[C@H]1CNC2. The molecule has 1 saturated carbocycles. The first-order valence-electron chi connectivity index (χ1n) is 7.83. The number of benzene rings is 1. The molecule has 1 N–H and O–H groups in total.